The lowest BCUT2D eigenvalue weighted by molar-refractivity contribution is 0.0847. The monoisotopic (exact) mass is 233 g/mol. The molecular formula is C14H19NO2. The van der Waals surface area contributed by atoms with E-state index in [1.807, 2.05) is 32.0 Å². The van der Waals surface area contributed by atoms with Gasteiger partial charge in [0.1, 0.15) is 5.75 Å². The number of carbonyl (C=O) groups is 1. The molecule has 17 heavy (non-hydrogen) atoms. The van der Waals surface area contributed by atoms with Gasteiger partial charge in [-0.25, -0.2) is 0 Å². The number of fused-ring (bicyclic) bond motifs is 1. The van der Waals surface area contributed by atoms with Crippen LogP contribution in [0.3, 0.4) is 0 Å². The number of carbonyl (C=O) groups excluding carboxylic acids is 1. The van der Waals surface area contributed by atoms with Gasteiger partial charge in [-0.15, -0.1) is 0 Å². The summed E-state index contributed by atoms with van der Waals surface area (Å²) in [5, 5.41) is 0. The van der Waals surface area contributed by atoms with Crippen LogP contribution in [0.4, 0.5) is 0 Å². The second-order valence-corrected chi connectivity index (χ2v) is 5.19. The van der Waals surface area contributed by atoms with Crippen molar-refractivity contribution in [2.75, 3.05) is 13.2 Å². The highest BCUT2D eigenvalue weighted by Gasteiger charge is 2.27. The second-order valence-electron chi connectivity index (χ2n) is 5.19. The van der Waals surface area contributed by atoms with E-state index in [-0.39, 0.29) is 5.78 Å². The molecule has 1 heterocycles. The summed E-state index contributed by atoms with van der Waals surface area (Å²) in [7, 11) is 0. The van der Waals surface area contributed by atoms with Crippen LogP contribution in [-0.2, 0) is 6.42 Å². The fourth-order valence-electron chi connectivity index (χ4n) is 1.99. The molecule has 2 rings (SSSR count). The standard InChI is InChI=1S/C14H19NO2/c1-14(2,9-15)13(16)11-5-6-12-10(8-11)4-3-7-17-12/h5-6,8H,3-4,7,9,15H2,1-2H3. The van der Waals surface area contributed by atoms with Crippen molar-refractivity contribution in [1.29, 1.82) is 0 Å². The first-order valence-corrected chi connectivity index (χ1v) is 6.05. The van der Waals surface area contributed by atoms with E-state index in [0.29, 0.717) is 6.54 Å². The van der Waals surface area contributed by atoms with Crippen molar-refractivity contribution in [2.45, 2.75) is 26.7 Å². The molecule has 0 unspecified atom stereocenters. The third kappa shape index (κ3) is 2.34. The minimum Gasteiger partial charge on any atom is -0.493 e. The molecule has 1 aromatic carbocycles. The quantitative estimate of drug-likeness (QED) is 0.814. The number of nitrogens with two attached hydrogens (primary N) is 1. The summed E-state index contributed by atoms with van der Waals surface area (Å²) >= 11 is 0. The molecule has 0 aliphatic carbocycles. The smallest absolute Gasteiger partial charge is 0.169 e. The molecule has 3 heteroatoms. The molecular weight excluding hydrogens is 214 g/mol. The van der Waals surface area contributed by atoms with Gasteiger partial charge in [0.25, 0.3) is 0 Å². The van der Waals surface area contributed by atoms with Gasteiger partial charge in [0.05, 0.1) is 6.61 Å². The summed E-state index contributed by atoms with van der Waals surface area (Å²) in [6.45, 7) is 4.89. The number of Topliss-reactive ketones (excluding diaryl/α,β-unsaturated/α-hetero) is 1. The Balaban J connectivity index is 2.31. The number of rotatable bonds is 3. The van der Waals surface area contributed by atoms with Crippen LogP contribution in [0.2, 0.25) is 0 Å². The van der Waals surface area contributed by atoms with E-state index in [0.717, 1.165) is 36.3 Å². The molecule has 1 aliphatic heterocycles. The molecule has 0 bridgehead atoms. The fourth-order valence-corrected chi connectivity index (χ4v) is 1.99. The van der Waals surface area contributed by atoms with Gasteiger partial charge in [0.2, 0.25) is 0 Å². The predicted molar refractivity (Wildman–Crippen MR) is 67.4 cm³/mol. The van der Waals surface area contributed by atoms with Crippen molar-refractivity contribution in [3.05, 3.63) is 29.3 Å². The van der Waals surface area contributed by atoms with Gasteiger partial charge >= 0.3 is 0 Å². The molecule has 0 aromatic heterocycles. The van der Waals surface area contributed by atoms with E-state index in [9.17, 15) is 4.79 Å². The van der Waals surface area contributed by atoms with Gasteiger partial charge in [0.15, 0.2) is 5.78 Å². The van der Waals surface area contributed by atoms with Gasteiger partial charge in [-0.05, 0) is 36.6 Å². The summed E-state index contributed by atoms with van der Waals surface area (Å²) in [5.74, 6) is 1.02. The molecule has 2 N–H and O–H groups in total. The molecule has 0 saturated heterocycles. The molecule has 0 saturated carbocycles. The number of ketones is 1. The largest absolute Gasteiger partial charge is 0.493 e. The zero-order valence-electron chi connectivity index (χ0n) is 10.5. The van der Waals surface area contributed by atoms with Crippen LogP contribution in [0, 0.1) is 5.41 Å². The normalized spacial score (nSPS) is 15.0. The maximum absolute atomic E-state index is 12.3. The third-order valence-corrected chi connectivity index (χ3v) is 3.30. The predicted octanol–water partition coefficient (Wildman–Crippen LogP) is 2.18. The van der Waals surface area contributed by atoms with Crippen molar-refractivity contribution in [3.8, 4) is 5.75 Å². The Morgan fingerprint density at radius 3 is 2.94 bits per heavy atom. The third-order valence-electron chi connectivity index (χ3n) is 3.30. The Bertz CT molecular complexity index is 438. The van der Waals surface area contributed by atoms with Crippen LogP contribution in [0.25, 0.3) is 0 Å². The first-order chi connectivity index (χ1) is 8.04. The summed E-state index contributed by atoms with van der Waals surface area (Å²) < 4.78 is 5.53. The van der Waals surface area contributed by atoms with Crippen LogP contribution in [-0.4, -0.2) is 18.9 Å². The Hall–Kier alpha value is -1.35. The van der Waals surface area contributed by atoms with E-state index >= 15 is 0 Å². The zero-order chi connectivity index (χ0) is 12.5. The minimum absolute atomic E-state index is 0.105. The first kappa shape index (κ1) is 12.1. The van der Waals surface area contributed by atoms with Crippen molar-refractivity contribution >= 4 is 5.78 Å². The highest BCUT2D eigenvalue weighted by Crippen LogP contribution is 2.28. The van der Waals surface area contributed by atoms with Crippen LogP contribution >= 0.6 is 0 Å². The van der Waals surface area contributed by atoms with Crippen molar-refractivity contribution in [1.82, 2.24) is 0 Å². The Labute approximate surface area is 102 Å². The van der Waals surface area contributed by atoms with Gasteiger partial charge in [-0.3, -0.25) is 4.79 Å². The second kappa shape index (κ2) is 4.49. The van der Waals surface area contributed by atoms with E-state index in [4.69, 9.17) is 10.5 Å². The molecule has 0 amide bonds. The van der Waals surface area contributed by atoms with Gasteiger partial charge < -0.3 is 10.5 Å². The Morgan fingerprint density at radius 2 is 2.24 bits per heavy atom. The van der Waals surface area contributed by atoms with Crippen molar-refractivity contribution in [3.63, 3.8) is 0 Å². The SMILES string of the molecule is CC(C)(CN)C(=O)c1ccc2c(c1)CCCO2. The van der Waals surface area contributed by atoms with E-state index < -0.39 is 5.41 Å². The van der Waals surface area contributed by atoms with Crippen LogP contribution in [0.1, 0.15) is 36.2 Å². The molecule has 0 atom stereocenters. The molecule has 1 aliphatic rings. The van der Waals surface area contributed by atoms with Crippen LogP contribution in [0.5, 0.6) is 5.75 Å². The first-order valence-electron chi connectivity index (χ1n) is 6.05. The van der Waals surface area contributed by atoms with Crippen molar-refractivity contribution < 1.29 is 9.53 Å². The number of hydrogen-bond donors (Lipinski definition) is 1. The van der Waals surface area contributed by atoms with Crippen LogP contribution in [0.15, 0.2) is 18.2 Å². The van der Waals surface area contributed by atoms with E-state index in [2.05, 4.69) is 0 Å². The summed E-state index contributed by atoms with van der Waals surface area (Å²) in [6, 6.07) is 5.69. The van der Waals surface area contributed by atoms with E-state index in [1.165, 1.54) is 0 Å². The lowest BCUT2D eigenvalue weighted by Crippen LogP contribution is -2.32. The molecule has 92 valence electrons. The number of ether oxygens (including phenoxy) is 1. The zero-order valence-corrected chi connectivity index (χ0v) is 10.5. The molecule has 3 nitrogen and oxygen atoms in total. The van der Waals surface area contributed by atoms with Crippen molar-refractivity contribution in [2.24, 2.45) is 11.1 Å². The maximum Gasteiger partial charge on any atom is 0.169 e. The Morgan fingerprint density at radius 1 is 1.47 bits per heavy atom. The lowest BCUT2D eigenvalue weighted by atomic mass is 9.83. The maximum atomic E-state index is 12.3. The molecule has 1 aromatic rings. The van der Waals surface area contributed by atoms with Gasteiger partial charge in [0, 0.05) is 17.5 Å². The van der Waals surface area contributed by atoms with Gasteiger partial charge in [-0.1, -0.05) is 13.8 Å². The summed E-state index contributed by atoms with van der Waals surface area (Å²) in [6.07, 6.45) is 2.00. The molecule has 0 fully saturated rings. The summed E-state index contributed by atoms with van der Waals surface area (Å²) in [4.78, 5) is 12.3. The lowest BCUT2D eigenvalue weighted by Gasteiger charge is -2.22. The average Bonchev–Trinajstić information content (AvgIpc) is 2.37. The average molecular weight is 233 g/mol. The highest BCUT2D eigenvalue weighted by atomic mass is 16.5. The topological polar surface area (TPSA) is 52.3 Å². The van der Waals surface area contributed by atoms with Crippen LogP contribution < -0.4 is 10.5 Å². The minimum atomic E-state index is -0.496. The fraction of sp³-hybridized carbons (Fsp3) is 0.500. The molecule has 0 spiro atoms. The van der Waals surface area contributed by atoms with E-state index in [1.54, 1.807) is 0 Å². The number of hydrogen-bond acceptors (Lipinski definition) is 3. The number of aryl methyl sites for hydroxylation is 1. The number of benzene rings is 1. The molecule has 0 radical (unpaired) electrons. The Kier molecular flexibility index (Phi) is 3.20. The summed E-state index contributed by atoms with van der Waals surface area (Å²) in [5.41, 5.74) is 7.02. The van der Waals surface area contributed by atoms with Gasteiger partial charge in [-0.2, -0.15) is 0 Å². The highest BCUT2D eigenvalue weighted by molar-refractivity contribution is 6.00.